The predicted octanol–water partition coefficient (Wildman–Crippen LogP) is 2.60. The maximum Gasteiger partial charge on any atom is 0.243 e. The molecule has 0 saturated carbocycles. The van der Waals surface area contributed by atoms with E-state index in [1.807, 2.05) is 0 Å². The van der Waals surface area contributed by atoms with Gasteiger partial charge < -0.3 is 15.1 Å². The molecule has 0 radical (unpaired) electrons. The number of halogens is 1. The summed E-state index contributed by atoms with van der Waals surface area (Å²) in [4.78, 5) is 22.7. The Morgan fingerprint density at radius 1 is 1.14 bits per heavy atom. The number of amides is 1. The SMILES string of the molecule is CCNC(=NCC(=O)N(C)C)N1CCN(Cc2ccc(C(C)C)cc2)CC1.I. The number of carbonyl (C=O) groups excluding carboxylic acids is 1. The third-order valence-electron chi connectivity index (χ3n) is 4.92. The number of carbonyl (C=O) groups is 1. The molecule has 0 atom stereocenters. The lowest BCUT2D eigenvalue weighted by molar-refractivity contribution is -0.127. The Hall–Kier alpha value is -1.35. The van der Waals surface area contributed by atoms with Crippen LogP contribution in [0.1, 0.15) is 37.8 Å². The van der Waals surface area contributed by atoms with E-state index >= 15 is 0 Å². The Kier molecular flexibility index (Phi) is 10.8. The van der Waals surface area contributed by atoms with Crippen molar-refractivity contribution in [3.05, 3.63) is 35.4 Å². The summed E-state index contributed by atoms with van der Waals surface area (Å²) in [6.45, 7) is 12.3. The standard InChI is InChI=1S/C21H35N5O.HI/c1-6-22-21(23-15-20(27)24(4)5)26-13-11-25(12-14-26)16-18-7-9-19(10-8-18)17(2)3;/h7-10,17H,6,11-16H2,1-5H3,(H,22,23);1H. The zero-order chi connectivity index (χ0) is 19.8. The molecule has 1 aliphatic rings. The Morgan fingerprint density at radius 3 is 2.25 bits per heavy atom. The normalized spacial score (nSPS) is 15.4. The van der Waals surface area contributed by atoms with Crippen LogP contribution in [0.3, 0.4) is 0 Å². The second-order valence-electron chi connectivity index (χ2n) is 7.62. The molecule has 7 heteroatoms. The maximum atomic E-state index is 11.8. The number of hydrogen-bond donors (Lipinski definition) is 1. The second-order valence-corrected chi connectivity index (χ2v) is 7.62. The lowest BCUT2D eigenvalue weighted by Gasteiger charge is -2.36. The van der Waals surface area contributed by atoms with E-state index in [1.54, 1.807) is 19.0 Å². The molecule has 0 bridgehead atoms. The first kappa shape index (κ1) is 24.7. The van der Waals surface area contributed by atoms with Crippen LogP contribution < -0.4 is 5.32 Å². The van der Waals surface area contributed by atoms with Crippen molar-refractivity contribution in [3.63, 3.8) is 0 Å². The molecule has 0 aromatic heterocycles. The molecule has 6 nitrogen and oxygen atoms in total. The summed E-state index contributed by atoms with van der Waals surface area (Å²) in [6, 6.07) is 8.99. The van der Waals surface area contributed by atoms with Gasteiger partial charge in [0, 0.05) is 53.4 Å². The number of guanidine groups is 1. The minimum atomic E-state index is 0. The molecule has 0 aliphatic carbocycles. The molecule has 0 unspecified atom stereocenters. The number of piperazine rings is 1. The van der Waals surface area contributed by atoms with E-state index < -0.39 is 0 Å². The van der Waals surface area contributed by atoms with E-state index in [9.17, 15) is 4.79 Å². The van der Waals surface area contributed by atoms with Crippen molar-refractivity contribution in [2.24, 2.45) is 4.99 Å². The first-order chi connectivity index (χ1) is 12.9. The molecule has 1 aromatic carbocycles. The van der Waals surface area contributed by atoms with E-state index in [1.165, 1.54) is 11.1 Å². The van der Waals surface area contributed by atoms with Gasteiger partial charge in [-0.05, 0) is 24.0 Å². The molecular weight excluding hydrogens is 465 g/mol. The highest BCUT2D eigenvalue weighted by atomic mass is 127. The van der Waals surface area contributed by atoms with Crippen molar-refractivity contribution in [1.82, 2.24) is 20.0 Å². The van der Waals surface area contributed by atoms with Gasteiger partial charge in [0.05, 0.1) is 0 Å². The molecule has 1 N–H and O–H groups in total. The Labute approximate surface area is 187 Å². The zero-order valence-corrected chi connectivity index (χ0v) is 20.3. The molecule has 158 valence electrons. The molecule has 2 rings (SSSR count). The minimum absolute atomic E-state index is 0. The smallest absolute Gasteiger partial charge is 0.243 e. The highest BCUT2D eigenvalue weighted by Crippen LogP contribution is 2.16. The van der Waals surface area contributed by atoms with Crippen molar-refractivity contribution >= 4 is 35.8 Å². The van der Waals surface area contributed by atoms with Gasteiger partial charge in [-0.2, -0.15) is 0 Å². The number of nitrogens with zero attached hydrogens (tertiary/aromatic N) is 4. The van der Waals surface area contributed by atoms with E-state index in [0.29, 0.717) is 5.92 Å². The number of nitrogens with one attached hydrogen (secondary N) is 1. The average molecular weight is 501 g/mol. The van der Waals surface area contributed by atoms with Gasteiger partial charge in [0.15, 0.2) is 5.96 Å². The van der Waals surface area contributed by atoms with Crippen LogP contribution in [-0.4, -0.2) is 79.9 Å². The fourth-order valence-corrected chi connectivity index (χ4v) is 3.09. The Morgan fingerprint density at radius 2 is 1.75 bits per heavy atom. The van der Waals surface area contributed by atoms with Crippen LogP contribution in [0.25, 0.3) is 0 Å². The molecule has 1 aromatic rings. The third kappa shape index (κ3) is 7.58. The summed E-state index contributed by atoms with van der Waals surface area (Å²) in [6.07, 6.45) is 0. The van der Waals surface area contributed by atoms with Gasteiger partial charge in [-0.25, -0.2) is 4.99 Å². The minimum Gasteiger partial charge on any atom is -0.357 e. The summed E-state index contributed by atoms with van der Waals surface area (Å²) >= 11 is 0. The van der Waals surface area contributed by atoms with Gasteiger partial charge in [0.2, 0.25) is 5.91 Å². The summed E-state index contributed by atoms with van der Waals surface area (Å²) in [5.41, 5.74) is 2.76. The van der Waals surface area contributed by atoms with Gasteiger partial charge in [-0.15, -0.1) is 24.0 Å². The van der Waals surface area contributed by atoms with Gasteiger partial charge in [-0.1, -0.05) is 38.1 Å². The number of hydrogen-bond acceptors (Lipinski definition) is 3. The number of aliphatic imine (C=N–C) groups is 1. The third-order valence-corrected chi connectivity index (χ3v) is 4.92. The van der Waals surface area contributed by atoms with E-state index in [4.69, 9.17) is 0 Å². The monoisotopic (exact) mass is 501 g/mol. The van der Waals surface area contributed by atoms with Crippen molar-refractivity contribution < 1.29 is 4.79 Å². The molecule has 1 amide bonds. The highest BCUT2D eigenvalue weighted by molar-refractivity contribution is 14.0. The summed E-state index contributed by atoms with van der Waals surface area (Å²) in [5.74, 6) is 1.44. The molecule has 1 saturated heterocycles. The first-order valence-electron chi connectivity index (χ1n) is 9.95. The fourth-order valence-electron chi connectivity index (χ4n) is 3.09. The summed E-state index contributed by atoms with van der Waals surface area (Å²) in [7, 11) is 3.52. The van der Waals surface area contributed by atoms with Crippen LogP contribution in [-0.2, 0) is 11.3 Å². The van der Waals surface area contributed by atoms with Crippen molar-refractivity contribution in [2.45, 2.75) is 33.2 Å². The maximum absolute atomic E-state index is 11.8. The average Bonchev–Trinajstić information content (AvgIpc) is 2.66. The van der Waals surface area contributed by atoms with Gasteiger partial charge in [0.1, 0.15) is 6.54 Å². The summed E-state index contributed by atoms with van der Waals surface area (Å²) in [5, 5.41) is 3.31. The fraction of sp³-hybridized carbons (Fsp3) is 0.619. The quantitative estimate of drug-likeness (QED) is 0.370. The highest BCUT2D eigenvalue weighted by Gasteiger charge is 2.20. The zero-order valence-electron chi connectivity index (χ0n) is 17.9. The van der Waals surface area contributed by atoms with Crippen LogP contribution in [0.5, 0.6) is 0 Å². The van der Waals surface area contributed by atoms with Crippen LogP contribution in [0, 0.1) is 0 Å². The predicted molar refractivity (Wildman–Crippen MR) is 127 cm³/mol. The lowest BCUT2D eigenvalue weighted by Crippen LogP contribution is -2.52. The molecule has 1 heterocycles. The summed E-state index contributed by atoms with van der Waals surface area (Å²) < 4.78 is 0. The molecular formula is C21H36IN5O. The molecule has 1 fully saturated rings. The van der Waals surface area contributed by atoms with Crippen molar-refractivity contribution in [3.8, 4) is 0 Å². The van der Waals surface area contributed by atoms with E-state index in [0.717, 1.165) is 45.2 Å². The largest absolute Gasteiger partial charge is 0.357 e. The van der Waals surface area contributed by atoms with E-state index in [-0.39, 0.29) is 36.4 Å². The molecule has 0 spiro atoms. The first-order valence-corrected chi connectivity index (χ1v) is 9.95. The molecule has 28 heavy (non-hydrogen) atoms. The van der Waals surface area contributed by atoms with Crippen LogP contribution in [0.4, 0.5) is 0 Å². The van der Waals surface area contributed by atoms with Gasteiger partial charge in [-0.3, -0.25) is 9.69 Å². The van der Waals surface area contributed by atoms with Crippen LogP contribution >= 0.6 is 24.0 Å². The Balaban J connectivity index is 0.00000392. The van der Waals surface area contributed by atoms with E-state index in [2.05, 4.69) is 65.1 Å². The number of likely N-dealkylation sites (N-methyl/N-ethyl adjacent to an activating group) is 1. The number of benzene rings is 1. The van der Waals surface area contributed by atoms with Gasteiger partial charge >= 0.3 is 0 Å². The lowest BCUT2D eigenvalue weighted by atomic mass is 10.0. The number of rotatable bonds is 6. The second kappa shape index (κ2) is 12.3. The Bertz CT molecular complexity index is 622. The van der Waals surface area contributed by atoms with Crippen molar-refractivity contribution in [1.29, 1.82) is 0 Å². The van der Waals surface area contributed by atoms with Crippen molar-refractivity contribution in [2.75, 3.05) is 53.4 Å². The van der Waals surface area contributed by atoms with Crippen LogP contribution in [0.2, 0.25) is 0 Å². The molecule has 1 aliphatic heterocycles. The topological polar surface area (TPSA) is 51.2 Å². The van der Waals surface area contributed by atoms with Crippen LogP contribution in [0.15, 0.2) is 29.3 Å². The van der Waals surface area contributed by atoms with Gasteiger partial charge in [0.25, 0.3) is 0 Å².